The summed E-state index contributed by atoms with van der Waals surface area (Å²) in [5.41, 5.74) is 7.42. The van der Waals surface area contributed by atoms with E-state index in [9.17, 15) is 4.79 Å². The minimum atomic E-state index is -0.846. The smallest absolute Gasteiger partial charge is 0.286 e. The fraction of sp³-hybridized carbons (Fsp3) is 0.276. The zero-order valence-electron chi connectivity index (χ0n) is 21.6. The van der Waals surface area contributed by atoms with Gasteiger partial charge in [-0.2, -0.15) is 5.10 Å². The standard InChI is InChI=1S/C29H27Cl2N5O2.ClH/c1-29(2)25-26(28(37)34-35-13-4-3-5-14-35)33-36(23-11-9-20(30)16-22(23)31)27(25)21-10-8-18(15-24(21)38-29)19-7-6-12-32-17-19;/h6-12,15-17H,3-5,13-14H2,1-2H3,(H,34,37);1H. The van der Waals surface area contributed by atoms with E-state index in [1.807, 2.05) is 61.5 Å². The number of rotatable bonds is 4. The van der Waals surface area contributed by atoms with Crippen LogP contribution < -0.4 is 10.2 Å². The van der Waals surface area contributed by atoms with Gasteiger partial charge in [-0.1, -0.05) is 41.8 Å². The molecule has 10 heteroatoms. The Morgan fingerprint density at radius 2 is 1.82 bits per heavy atom. The fourth-order valence-corrected chi connectivity index (χ4v) is 5.76. The molecule has 0 atom stereocenters. The number of nitrogens with zero attached hydrogens (tertiary/aromatic N) is 4. The van der Waals surface area contributed by atoms with Crippen LogP contribution in [0.2, 0.25) is 10.0 Å². The molecular weight excluding hydrogens is 557 g/mol. The van der Waals surface area contributed by atoms with E-state index in [1.165, 1.54) is 6.42 Å². The topological polar surface area (TPSA) is 72.3 Å². The molecule has 2 aliphatic heterocycles. The molecule has 4 aromatic rings. The van der Waals surface area contributed by atoms with Crippen molar-refractivity contribution in [3.8, 4) is 33.8 Å². The number of aromatic nitrogens is 3. The molecule has 2 aromatic heterocycles. The van der Waals surface area contributed by atoms with Gasteiger partial charge < -0.3 is 4.74 Å². The van der Waals surface area contributed by atoms with E-state index in [4.69, 9.17) is 33.0 Å². The van der Waals surface area contributed by atoms with Gasteiger partial charge in [0.1, 0.15) is 11.4 Å². The Kier molecular flexibility index (Phi) is 7.62. The Morgan fingerprint density at radius 1 is 1.03 bits per heavy atom. The summed E-state index contributed by atoms with van der Waals surface area (Å²) in [7, 11) is 0. The number of benzene rings is 2. The van der Waals surface area contributed by atoms with E-state index in [-0.39, 0.29) is 18.3 Å². The Hall–Kier alpha value is -3.10. The number of amides is 1. The Labute approximate surface area is 243 Å². The van der Waals surface area contributed by atoms with Gasteiger partial charge >= 0.3 is 0 Å². The van der Waals surface area contributed by atoms with Gasteiger partial charge in [0.05, 0.1) is 22.0 Å². The van der Waals surface area contributed by atoms with Gasteiger partial charge in [0.25, 0.3) is 5.91 Å². The van der Waals surface area contributed by atoms with E-state index < -0.39 is 5.60 Å². The number of pyridine rings is 1. The predicted molar refractivity (Wildman–Crippen MR) is 156 cm³/mol. The van der Waals surface area contributed by atoms with Crippen LogP contribution in [0.25, 0.3) is 28.1 Å². The number of piperidine rings is 1. The molecule has 2 aliphatic rings. The summed E-state index contributed by atoms with van der Waals surface area (Å²) in [5, 5.41) is 7.78. The maximum Gasteiger partial charge on any atom is 0.286 e. The molecule has 0 unspecified atom stereocenters. The second-order valence-corrected chi connectivity index (χ2v) is 11.0. The van der Waals surface area contributed by atoms with Gasteiger partial charge in [-0.3, -0.25) is 15.2 Å². The van der Waals surface area contributed by atoms with Crippen LogP contribution in [0.1, 0.15) is 49.2 Å². The molecule has 0 spiro atoms. The minimum absolute atomic E-state index is 0. The largest absolute Gasteiger partial charge is 0.482 e. The van der Waals surface area contributed by atoms with Crippen molar-refractivity contribution in [2.45, 2.75) is 38.7 Å². The molecule has 7 nitrogen and oxygen atoms in total. The average molecular weight is 585 g/mol. The van der Waals surface area contributed by atoms with Crippen LogP contribution in [-0.4, -0.2) is 38.8 Å². The summed E-state index contributed by atoms with van der Waals surface area (Å²) in [6, 6.07) is 15.2. The van der Waals surface area contributed by atoms with Crippen molar-refractivity contribution >= 4 is 41.5 Å². The molecule has 2 aromatic carbocycles. The number of hydrazine groups is 1. The number of hydrogen-bond donors (Lipinski definition) is 1. The SMILES string of the molecule is CC1(C)Oc2cc(-c3cccnc3)ccc2-c2c1c(C(=O)NN1CCCCC1)nn2-c1ccc(Cl)cc1Cl.Cl. The first-order valence-corrected chi connectivity index (χ1v) is 13.5. The summed E-state index contributed by atoms with van der Waals surface area (Å²) in [6.07, 6.45) is 6.84. The summed E-state index contributed by atoms with van der Waals surface area (Å²) >= 11 is 12.9. The van der Waals surface area contributed by atoms with E-state index in [1.54, 1.807) is 23.0 Å². The van der Waals surface area contributed by atoms with Crippen molar-refractivity contribution in [3.63, 3.8) is 0 Å². The van der Waals surface area contributed by atoms with Crippen LogP contribution in [0.15, 0.2) is 60.9 Å². The van der Waals surface area contributed by atoms with Crippen LogP contribution in [-0.2, 0) is 5.60 Å². The quantitative estimate of drug-likeness (QED) is 0.277. The average Bonchev–Trinajstić information content (AvgIpc) is 3.31. The first-order chi connectivity index (χ1) is 18.3. The lowest BCUT2D eigenvalue weighted by molar-refractivity contribution is 0.0720. The highest BCUT2D eigenvalue weighted by Gasteiger charge is 2.42. The van der Waals surface area contributed by atoms with Gasteiger partial charge in [-0.15, -0.1) is 12.4 Å². The third kappa shape index (κ3) is 5.12. The first kappa shape index (κ1) is 27.5. The molecule has 1 saturated heterocycles. The molecule has 0 bridgehead atoms. The number of carbonyl (C=O) groups is 1. The van der Waals surface area contributed by atoms with Crippen LogP contribution in [0.3, 0.4) is 0 Å². The molecule has 0 saturated carbocycles. The highest BCUT2D eigenvalue weighted by Crippen LogP contribution is 2.49. The number of nitrogens with one attached hydrogen (secondary N) is 1. The molecule has 1 fully saturated rings. The molecule has 39 heavy (non-hydrogen) atoms. The lowest BCUT2D eigenvalue weighted by Crippen LogP contribution is -2.46. The zero-order valence-corrected chi connectivity index (χ0v) is 23.9. The van der Waals surface area contributed by atoms with Gasteiger partial charge in [0.2, 0.25) is 0 Å². The highest BCUT2D eigenvalue weighted by atomic mass is 35.5. The lowest BCUT2D eigenvalue weighted by Gasteiger charge is -2.34. The van der Waals surface area contributed by atoms with Crippen LogP contribution in [0.4, 0.5) is 0 Å². The third-order valence-corrected chi connectivity index (χ3v) is 7.59. The summed E-state index contributed by atoms with van der Waals surface area (Å²) in [4.78, 5) is 17.9. The molecule has 202 valence electrons. The van der Waals surface area contributed by atoms with Crippen molar-refractivity contribution in [1.29, 1.82) is 0 Å². The van der Waals surface area contributed by atoms with Gasteiger partial charge in [0, 0.05) is 41.6 Å². The normalized spacial score (nSPS) is 15.9. The van der Waals surface area contributed by atoms with E-state index in [0.717, 1.165) is 48.3 Å². The maximum absolute atomic E-state index is 13.7. The summed E-state index contributed by atoms with van der Waals surface area (Å²) in [6.45, 7) is 5.55. The van der Waals surface area contributed by atoms with Crippen molar-refractivity contribution in [1.82, 2.24) is 25.2 Å². The number of hydrogen-bond acceptors (Lipinski definition) is 5. The summed E-state index contributed by atoms with van der Waals surface area (Å²) < 4.78 is 8.31. The summed E-state index contributed by atoms with van der Waals surface area (Å²) in [5.74, 6) is 0.428. The second kappa shape index (κ2) is 10.8. The van der Waals surface area contributed by atoms with E-state index in [2.05, 4.69) is 10.4 Å². The highest BCUT2D eigenvalue weighted by molar-refractivity contribution is 6.35. The van der Waals surface area contributed by atoms with Crippen molar-refractivity contribution in [2.24, 2.45) is 0 Å². The zero-order chi connectivity index (χ0) is 26.4. The van der Waals surface area contributed by atoms with Gasteiger partial charge in [-0.05, 0) is 68.7 Å². The molecule has 4 heterocycles. The van der Waals surface area contributed by atoms with Crippen molar-refractivity contribution < 1.29 is 9.53 Å². The Balaban J connectivity index is 0.00000308. The number of halogens is 3. The number of fused-ring (bicyclic) bond motifs is 3. The predicted octanol–water partition coefficient (Wildman–Crippen LogP) is 7.09. The monoisotopic (exact) mass is 583 g/mol. The fourth-order valence-electron chi connectivity index (χ4n) is 5.27. The molecule has 1 N–H and O–H groups in total. The van der Waals surface area contributed by atoms with Crippen molar-refractivity contribution in [3.05, 3.63) is 82.2 Å². The Morgan fingerprint density at radius 3 is 2.54 bits per heavy atom. The molecule has 1 amide bonds. The van der Waals surface area contributed by atoms with Crippen LogP contribution in [0.5, 0.6) is 5.75 Å². The minimum Gasteiger partial charge on any atom is -0.482 e. The van der Waals surface area contributed by atoms with Crippen molar-refractivity contribution in [2.75, 3.05) is 13.1 Å². The Bertz CT molecular complexity index is 1530. The first-order valence-electron chi connectivity index (χ1n) is 12.7. The third-order valence-electron chi connectivity index (χ3n) is 7.05. The lowest BCUT2D eigenvalue weighted by atomic mass is 9.88. The van der Waals surface area contributed by atoms with Crippen LogP contribution in [0, 0.1) is 0 Å². The maximum atomic E-state index is 13.7. The van der Waals surface area contributed by atoms with E-state index >= 15 is 0 Å². The van der Waals surface area contributed by atoms with E-state index in [0.29, 0.717) is 32.7 Å². The molecule has 6 rings (SSSR count). The van der Waals surface area contributed by atoms with Gasteiger partial charge in [0.15, 0.2) is 5.69 Å². The molecule has 0 aliphatic carbocycles. The van der Waals surface area contributed by atoms with Gasteiger partial charge in [-0.25, -0.2) is 9.69 Å². The van der Waals surface area contributed by atoms with Crippen LogP contribution >= 0.6 is 35.6 Å². The molecule has 0 radical (unpaired) electrons. The molecular formula is C29H28Cl3N5O2. The number of ether oxygens (including phenoxy) is 1. The number of carbonyl (C=O) groups excluding carboxylic acids is 1. The second-order valence-electron chi connectivity index (χ2n) is 10.1.